The van der Waals surface area contributed by atoms with Crippen molar-refractivity contribution >= 4 is 16.6 Å². The predicted octanol–water partition coefficient (Wildman–Crippen LogP) is 4.67. The lowest BCUT2D eigenvalue weighted by atomic mass is 9.97. The van der Waals surface area contributed by atoms with E-state index in [4.69, 9.17) is 0 Å². The lowest BCUT2D eigenvalue weighted by molar-refractivity contribution is -0.137. The molecule has 2 aromatic carbocycles. The van der Waals surface area contributed by atoms with Gasteiger partial charge in [-0.25, -0.2) is 0 Å². The summed E-state index contributed by atoms with van der Waals surface area (Å²) in [6, 6.07) is 13.5. The summed E-state index contributed by atoms with van der Waals surface area (Å²) in [5, 5.41) is 0.741. The Morgan fingerprint density at radius 1 is 0.926 bits per heavy atom. The molecule has 27 heavy (non-hydrogen) atoms. The zero-order valence-corrected chi connectivity index (χ0v) is 15.0. The van der Waals surface area contributed by atoms with Crippen LogP contribution in [0.1, 0.15) is 5.56 Å². The van der Waals surface area contributed by atoms with Gasteiger partial charge in [0.15, 0.2) is 0 Å². The van der Waals surface area contributed by atoms with E-state index in [-0.39, 0.29) is 0 Å². The third kappa shape index (κ3) is 3.62. The molecule has 2 heterocycles. The second-order valence-electron chi connectivity index (χ2n) is 6.94. The van der Waals surface area contributed by atoms with E-state index in [1.54, 1.807) is 6.20 Å². The van der Waals surface area contributed by atoms with Crippen LogP contribution in [0.15, 0.2) is 54.7 Å². The maximum Gasteiger partial charge on any atom is 0.416 e. The highest BCUT2D eigenvalue weighted by Crippen LogP contribution is 2.37. The highest BCUT2D eigenvalue weighted by Gasteiger charge is 2.32. The highest BCUT2D eigenvalue weighted by atomic mass is 19.4. The van der Waals surface area contributed by atoms with Crippen molar-refractivity contribution < 1.29 is 13.2 Å². The number of aromatic nitrogens is 1. The Morgan fingerprint density at radius 2 is 1.63 bits per heavy atom. The number of piperazine rings is 1. The topological polar surface area (TPSA) is 19.4 Å². The third-order valence-electron chi connectivity index (χ3n) is 5.07. The number of fused-ring (bicyclic) bond motifs is 1. The van der Waals surface area contributed by atoms with Crippen LogP contribution in [-0.4, -0.2) is 43.1 Å². The first-order valence-electron chi connectivity index (χ1n) is 8.92. The minimum Gasteiger partial charge on any atom is -0.368 e. The molecule has 1 fully saturated rings. The number of hydrogen-bond donors (Lipinski definition) is 0. The van der Waals surface area contributed by atoms with Crippen molar-refractivity contribution in [1.82, 2.24) is 9.88 Å². The molecule has 3 nitrogen and oxygen atoms in total. The molecule has 3 aromatic rings. The van der Waals surface area contributed by atoms with E-state index in [0.29, 0.717) is 11.1 Å². The fourth-order valence-corrected chi connectivity index (χ4v) is 3.48. The summed E-state index contributed by atoms with van der Waals surface area (Å²) in [6.45, 7) is 3.67. The minimum atomic E-state index is -4.41. The second kappa shape index (κ2) is 6.85. The number of hydrogen-bond acceptors (Lipinski definition) is 3. The van der Waals surface area contributed by atoms with Crippen molar-refractivity contribution in [2.75, 3.05) is 38.1 Å². The molecular weight excluding hydrogens is 351 g/mol. The van der Waals surface area contributed by atoms with Crippen LogP contribution in [-0.2, 0) is 6.18 Å². The van der Waals surface area contributed by atoms with Gasteiger partial charge in [-0.1, -0.05) is 30.3 Å². The molecule has 0 saturated carbocycles. The van der Waals surface area contributed by atoms with Crippen LogP contribution in [0.25, 0.3) is 22.0 Å². The molecular formula is C21H20F3N3. The molecule has 0 atom stereocenters. The quantitative estimate of drug-likeness (QED) is 0.652. The van der Waals surface area contributed by atoms with Crippen molar-refractivity contribution in [3.05, 3.63) is 60.3 Å². The van der Waals surface area contributed by atoms with E-state index in [0.717, 1.165) is 48.9 Å². The largest absolute Gasteiger partial charge is 0.416 e. The maximum absolute atomic E-state index is 13.4. The molecule has 1 saturated heterocycles. The second-order valence-corrected chi connectivity index (χ2v) is 6.94. The number of rotatable bonds is 2. The summed E-state index contributed by atoms with van der Waals surface area (Å²) >= 11 is 0. The van der Waals surface area contributed by atoms with Crippen molar-refractivity contribution in [2.45, 2.75) is 6.18 Å². The first-order chi connectivity index (χ1) is 12.9. The Hall–Kier alpha value is -2.60. The van der Waals surface area contributed by atoms with E-state index in [1.807, 2.05) is 36.4 Å². The first-order valence-corrected chi connectivity index (χ1v) is 8.92. The average molecular weight is 371 g/mol. The minimum absolute atomic E-state index is 0.363. The van der Waals surface area contributed by atoms with Gasteiger partial charge in [0.1, 0.15) is 0 Å². The number of anilines is 1. The van der Waals surface area contributed by atoms with Gasteiger partial charge in [-0.3, -0.25) is 4.98 Å². The van der Waals surface area contributed by atoms with Crippen molar-refractivity contribution in [3.63, 3.8) is 0 Å². The Morgan fingerprint density at radius 3 is 2.30 bits per heavy atom. The number of pyridine rings is 1. The highest BCUT2D eigenvalue weighted by molar-refractivity contribution is 5.97. The smallest absolute Gasteiger partial charge is 0.368 e. The summed E-state index contributed by atoms with van der Waals surface area (Å²) in [4.78, 5) is 8.88. The van der Waals surface area contributed by atoms with Gasteiger partial charge in [0.25, 0.3) is 0 Å². The molecule has 0 radical (unpaired) electrons. The fraction of sp³-hybridized carbons (Fsp3) is 0.286. The molecule has 0 N–H and O–H groups in total. The van der Waals surface area contributed by atoms with Crippen LogP contribution < -0.4 is 4.90 Å². The monoisotopic (exact) mass is 371 g/mol. The molecule has 4 rings (SSSR count). The van der Waals surface area contributed by atoms with E-state index in [2.05, 4.69) is 21.8 Å². The van der Waals surface area contributed by atoms with Crippen molar-refractivity contribution in [3.8, 4) is 11.1 Å². The molecule has 0 amide bonds. The van der Waals surface area contributed by atoms with Crippen LogP contribution >= 0.6 is 0 Å². The van der Waals surface area contributed by atoms with Crippen molar-refractivity contribution in [2.24, 2.45) is 0 Å². The van der Waals surface area contributed by atoms with Gasteiger partial charge in [0.05, 0.1) is 23.0 Å². The molecule has 0 bridgehead atoms. The van der Waals surface area contributed by atoms with Crippen LogP contribution in [0, 0.1) is 0 Å². The fourth-order valence-electron chi connectivity index (χ4n) is 3.48. The van der Waals surface area contributed by atoms with E-state index in [1.165, 1.54) is 6.07 Å². The summed E-state index contributed by atoms with van der Waals surface area (Å²) in [5.74, 6) is 0. The van der Waals surface area contributed by atoms with Crippen LogP contribution in [0.4, 0.5) is 18.9 Å². The summed E-state index contributed by atoms with van der Waals surface area (Å²) < 4.78 is 40.1. The van der Waals surface area contributed by atoms with Crippen LogP contribution in [0.2, 0.25) is 0 Å². The zero-order chi connectivity index (χ0) is 19.0. The molecule has 1 aliphatic heterocycles. The number of likely N-dealkylation sites (N-methyl/N-ethyl adjacent to an activating group) is 1. The van der Waals surface area contributed by atoms with Gasteiger partial charge in [0.2, 0.25) is 0 Å². The molecule has 6 heteroatoms. The average Bonchev–Trinajstić information content (AvgIpc) is 2.67. The van der Waals surface area contributed by atoms with Gasteiger partial charge in [0, 0.05) is 31.6 Å². The summed E-state index contributed by atoms with van der Waals surface area (Å²) in [7, 11) is 2.09. The molecule has 0 spiro atoms. The van der Waals surface area contributed by atoms with Gasteiger partial charge in [-0.2, -0.15) is 13.2 Å². The normalized spacial score (nSPS) is 16.1. The van der Waals surface area contributed by atoms with Gasteiger partial charge in [-0.15, -0.1) is 0 Å². The Balaban J connectivity index is 1.86. The molecule has 140 valence electrons. The molecule has 0 aliphatic carbocycles. The Kier molecular flexibility index (Phi) is 4.52. The lowest BCUT2D eigenvalue weighted by Crippen LogP contribution is -2.44. The maximum atomic E-state index is 13.4. The van der Waals surface area contributed by atoms with E-state index in [9.17, 15) is 13.2 Å². The Bertz CT molecular complexity index is 946. The first kappa shape index (κ1) is 17.8. The third-order valence-corrected chi connectivity index (χ3v) is 5.07. The standard InChI is InChI=1S/C21H20F3N3/c1-26-7-9-27(10-8-26)17-13-19-18(15-5-3-2-4-6-15)11-16(21(22,23)24)12-20(19)25-14-17/h2-6,11-14H,7-10H2,1H3. The number of halogens is 3. The lowest BCUT2D eigenvalue weighted by Gasteiger charge is -2.34. The molecule has 1 aromatic heterocycles. The number of benzene rings is 2. The summed E-state index contributed by atoms with van der Waals surface area (Å²) in [5.41, 5.74) is 1.96. The molecule has 1 aliphatic rings. The summed E-state index contributed by atoms with van der Waals surface area (Å²) in [6.07, 6.45) is -2.72. The zero-order valence-electron chi connectivity index (χ0n) is 15.0. The Labute approximate surface area is 156 Å². The molecule has 0 unspecified atom stereocenters. The van der Waals surface area contributed by atoms with Crippen molar-refractivity contribution in [1.29, 1.82) is 0 Å². The van der Waals surface area contributed by atoms with Gasteiger partial charge >= 0.3 is 6.18 Å². The van der Waals surface area contributed by atoms with Gasteiger partial charge in [-0.05, 0) is 36.4 Å². The number of alkyl halides is 3. The van der Waals surface area contributed by atoms with Crippen LogP contribution in [0.3, 0.4) is 0 Å². The van der Waals surface area contributed by atoms with E-state index >= 15 is 0 Å². The number of nitrogens with zero attached hydrogens (tertiary/aromatic N) is 3. The SMILES string of the molecule is CN1CCN(c2cnc3cc(C(F)(F)F)cc(-c4ccccc4)c3c2)CC1. The van der Waals surface area contributed by atoms with Crippen LogP contribution in [0.5, 0.6) is 0 Å². The van der Waals surface area contributed by atoms with E-state index < -0.39 is 11.7 Å². The predicted molar refractivity (Wildman–Crippen MR) is 102 cm³/mol. The van der Waals surface area contributed by atoms with Gasteiger partial charge < -0.3 is 9.80 Å².